The van der Waals surface area contributed by atoms with E-state index in [0.717, 1.165) is 7.11 Å². The summed E-state index contributed by atoms with van der Waals surface area (Å²) in [5.41, 5.74) is -0.942. The molecule has 8 nitrogen and oxygen atoms in total. The number of alkyl halides is 2. The number of nitrogens with one attached hydrogen (secondary N) is 1. The number of methoxy groups -OCH3 is 2. The molecule has 1 atom stereocenters. The summed E-state index contributed by atoms with van der Waals surface area (Å²) >= 11 is 0. The van der Waals surface area contributed by atoms with Gasteiger partial charge in [0.1, 0.15) is 5.60 Å². The minimum Gasteiger partial charge on any atom is -0.467 e. The van der Waals surface area contributed by atoms with Gasteiger partial charge < -0.3 is 29.0 Å². The zero-order valence-corrected chi connectivity index (χ0v) is 15.0. The Morgan fingerprint density at radius 1 is 1.16 bits per heavy atom. The van der Waals surface area contributed by atoms with E-state index in [1.807, 2.05) is 0 Å². The van der Waals surface area contributed by atoms with Gasteiger partial charge in [0.15, 0.2) is 12.6 Å². The van der Waals surface area contributed by atoms with E-state index in [2.05, 4.69) is 16.1 Å². The first-order valence-electron chi connectivity index (χ1n) is 7.29. The Kier molecular flexibility index (Phi) is 9.35. The lowest BCUT2D eigenvalue weighted by atomic mass is 10.1. The molecule has 0 aromatic rings. The molecule has 0 rings (SSSR count). The van der Waals surface area contributed by atoms with Gasteiger partial charge in [-0.15, -0.1) is 0 Å². The molecule has 0 aromatic heterocycles. The predicted molar refractivity (Wildman–Crippen MR) is 83.0 cm³/mol. The van der Waals surface area contributed by atoms with Gasteiger partial charge in [0.05, 0.1) is 20.3 Å². The third kappa shape index (κ3) is 8.64. The first-order chi connectivity index (χ1) is 11.5. The highest BCUT2D eigenvalue weighted by molar-refractivity contribution is 5.83. The summed E-state index contributed by atoms with van der Waals surface area (Å²) in [6.45, 7) is 7.53. The molecule has 0 radical (unpaired) electrons. The average Bonchev–Trinajstić information content (AvgIpc) is 2.49. The zero-order valence-electron chi connectivity index (χ0n) is 15.0. The van der Waals surface area contributed by atoms with Crippen LogP contribution in [0.1, 0.15) is 20.8 Å². The SMILES string of the molecule is C=C(OCOCCOC)C(F)(F)C(NC(=O)OC(C)(C)C)C(=O)OC. The molecule has 1 unspecified atom stereocenters. The van der Waals surface area contributed by atoms with E-state index in [1.54, 1.807) is 5.32 Å². The standard InChI is InChI=1S/C15H25F2NO7/c1-10(24-9-23-8-7-21-5)15(16,17)11(12(19)22-6)18-13(20)25-14(2,3)4/h11H,1,7-9H2,2-6H3,(H,18,20). The van der Waals surface area contributed by atoms with Crippen molar-refractivity contribution >= 4 is 12.1 Å². The number of carbonyl (C=O) groups is 2. The second kappa shape index (κ2) is 10.1. The molecule has 1 amide bonds. The van der Waals surface area contributed by atoms with Crippen molar-refractivity contribution in [2.75, 3.05) is 34.2 Å². The summed E-state index contributed by atoms with van der Waals surface area (Å²) in [4.78, 5) is 23.4. The van der Waals surface area contributed by atoms with Gasteiger partial charge in [-0.1, -0.05) is 6.58 Å². The maximum Gasteiger partial charge on any atom is 0.408 e. The highest BCUT2D eigenvalue weighted by atomic mass is 19.3. The summed E-state index contributed by atoms with van der Waals surface area (Å²) in [7, 11) is 2.35. The molecular weight excluding hydrogens is 344 g/mol. The molecule has 0 heterocycles. The number of rotatable bonds is 10. The van der Waals surface area contributed by atoms with Crippen molar-refractivity contribution in [1.82, 2.24) is 5.32 Å². The molecule has 0 aromatic carbocycles. The first-order valence-corrected chi connectivity index (χ1v) is 7.29. The van der Waals surface area contributed by atoms with Gasteiger partial charge in [0.25, 0.3) is 0 Å². The molecule has 0 aliphatic heterocycles. The maximum absolute atomic E-state index is 14.4. The fourth-order valence-corrected chi connectivity index (χ4v) is 1.41. The molecule has 10 heteroatoms. The van der Waals surface area contributed by atoms with Crippen LogP contribution in [0.15, 0.2) is 12.3 Å². The molecule has 0 saturated heterocycles. The van der Waals surface area contributed by atoms with Gasteiger partial charge in [-0.3, -0.25) is 0 Å². The van der Waals surface area contributed by atoms with E-state index in [-0.39, 0.29) is 13.2 Å². The van der Waals surface area contributed by atoms with Gasteiger partial charge >= 0.3 is 18.0 Å². The largest absolute Gasteiger partial charge is 0.467 e. The summed E-state index contributed by atoms with van der Waals surface area (Å²) in [6, 6.07) is -2.38. The van der Waals surface area contributed by atoms with E-state index in [1.165, 1.54) is 27.9 Å². The molecule has 25 heavy (non-hydrogen) atoms. The van der Waals surface area contributed by atoms with Crippen molar-refractivity contribution in [1.29, 1.82) is 0 Å². The van der Waals surface area contributed by atoms with E-state index in [9.17, 15) is 18.4 Å². The average molecular weight is 369 g/mol. The quantitative estimate of drug-likeness (QED) is 0.272. The Hall–Kier alpha value is -1.94. The molecule has 0 spiro atoms. The zero-order chi connectivity index (χ0) is 19.7. The lowest BCUT2D eigenvalue weighted by molar-refractivity contribution is -0.157. The van der Waals surface area contributed by atoms with Gasteiger partial charge in [0.2, 0.25) is 6.04 Å². The smallest absolute Gasteiger partial charge is 0.408 e. The van der Waals surface area contributed by atoms with Crippen LogP contribution in [-0.4, -0.2) is 63.9 Å². The van der Waals surface area contributed by atoms with E-state index < -0.39 is 42.2 Å². The van der Waals surface area contributed by atoms with Crippen molar-refractivity contribution < 1.29 is 42.1 Å². The maximum atomic E-state index is 14.4. The van der Waals surface area contributed by atoms with Crippen LogP contribution in [-0.2, 0) is 28.5 Å². The fourth-order valence-electron chi connectivity index (χ4n) is 1.41. The van der Waals surface area contributed by atoms with Crippen molar-refractivity contribution in [2.45, 2.75) is 38.3 Å². The van der Waals surface area contributed by atoms with Gasteiger partial charge in [-0.25, -0.2) is 9.59 Å². The van der Waals surface area contributed by atoms with Crippen LogP contribution in [0.25, 0.3) is 0 Å². The lowest BCUT2D eigenvalue weighted by Crippen LogP contribution is -2.55. The van der Waals surface area contributed by atoms with Crippen LogP contribution in [0.5, 0.6) is 0 Å². The third-order valence-corrected chi connectivity index (χ3v) is 2.58. The van der Waals surface area contributed by atoms with E-state index in [4.69, 9.17) is 14.2 Å². The number of amides is 1. The van der Waals surface area contributed by atoms with Gasteiger partial charge in [-0.2, -0.15) is 8.78 Å². The van der Waals surface area contributed by atoms with Crippen molar-refractivity contribution in [3.05, 3.63) is 12.3 Å². The van der Waals surface area contributed by atoms with E-state index in [0.29, 0.717) is 0 Å². The fraction of sp³-hybridized carbons (Fsp3) is 0.733. The molecule has 146 valence electrons. The predicted octanol–water partition coefficient (Wildman–Crippen LogP) is 1.84. The summed E-state index contributed by atoms with van der Waals surface area (Å²) in [6.07, 6.45) is -1.22. The van der Waals surface area contributed by atoms with Crippen LogP contribution in [0.4, 0.5) is 13.6 Å². The van der Waals surface area contributed by atoms with Crippen molar-refractivity contribution in [2.24, 2.45) is 0 Å². The third-order valence-electron chi connectivity index (χ3n) is 2.58. The Balaban J connectivity index is 4.94. The molecule has 0 saturated carbocycles. The minimum atomic E-state index is -3.96. The Bertz CT molecular complexity index is 463. The number of hydrogen-bond donors (Lipinski definition) is 1. The second-order valence-electron chi connectivity index (χ2n) is 5.81. The Morgan fingerprint density at radius 3 is 2.24 bits per heavy atom. The number of halogens is 2. The monoisotopic (exact) mass is 369 g/mol. The summed E-state index contributed by atoms with van der Waals surface area (Å²) < 4.78 is 52.3. The van der Waals surface area contributed by atoms with Crippen LogP contribution < -0.4 is 5.32 Å². The van der Waals surface area contributed by atoms with Gasteiger partial charge in [-0.05, 0) is 20.8 Å². The second-order valence-corrected chi connectivity index (χ2v) is 5.81. The van der Waals surface area contributed by atoms with Crippen LogP contribution in [0.2, 0.25) is 0 Å². The number of alkyl carbamates (subject to hydrolysis) is 1. The number of hydrogen-bond acceptors (Lipinski definition) is 7. The topological polar surface area (TPSA) is 92.3 Å². The van der Waals surface area contributed by atoms with Crippen LogP contribution in [0.3, 0.4) is 0 Å². The summed E-state index contributed by atoms with van der Waals surface area (Å²) in [5, 5.41) is 1.77. The molecule has 1 N–H and O–H groups in total. The lowest BCUT2D eigenvalue weighted by Gasteiger charge is -2.28. The number of ether oxygens (including phenoxy) is 5. The molecule has 0 aliphatic carbocycles. The minimum absolute atomic E-state index is 0.117. The van der Waals surface area contributed by atoms with Crippen LogP contribution in [0, 0.1) is 0 Å². The van der Waals surface area contributed by atoms with Gasteiger partial charge in [0, 0.05) is 7.11 Å². The Morgan fingerprint density at radius 2 is 1.76 bits per heavy atom. The number of esters is 1. The van der Waals surface area contributed by atoms with E-state index >= 15 is 0 Å². The van der Waals surface area contributed by atoms with Crippen molar-refractivity contribution in [3.8, 4) is 0 Å². The molecule has 0 bridgehead atoms. The highest BCUT2D eigenvalue weighted by Gasteiger charge is 2.51. The first kappa shape index (κ1) is 23.1. The summed E-state index contributed by atoms with van der Waals surface area (Å²) in [5.74, 6) is -6.42. The molecular formula is C15H25F2NO7. The highest BCUT2D eigenvalue weighted by Crippen LogP contribution is 2.29. The van der Waals surface area contributed by atoms with Crippen molar-refractivity contribution in [3.63, 3.8) is 0 Å². The molecule has 0 aliphatic rings. The normalized spacial score (nSPS) is 12.9. The molecule has 0 fully saturated rings. The number of carbonyl (C=O) groups excluding carboxylic acids is 2. The Labute approximate surface area is 145 Å². The van der Waals surface area contributed by atoms with Crippen LogP contribution >= 0.6 is 0 Å².